The normalized spacial score (nSPS) is 13.9. The predicted octanol–water partition coefficient (Wildman–Crippen LogP) is 2.17. The van der Waals surface area contributed by atoms with E-state index in [4.69, 9.17) is 0 Å². The summed E-state index contributed by atoms with van der Waals surface area (Å²) in [6.45, 7) is 0.766. The maximum absolute atomic E-state index is 13.5. The van der Waals surface area contributed by atoms with E-state index in [1.54, 1.807) is 23.9 Å². The summed E-state index contributed by atoms with van der Waals surface area (Å²) in [5.41, 5.74) is 0.00307. The molecule has 0 atom stereocenters. The lowest BCUT2D eigenvalue weighted by molar-refractivity contribution is 0.102. The minimum Gasteiger partial charge on any atom is -0.290 e. The van der Waals surface area contributed by atoms with Gasteiger partial charge in [0.25, 0.3) is 5.91 Å². The fourth-order valence-electron chi connectivity index (χ4n) is 1.89. The Balaban J connectivity index is 1.84. The van der Waals surface area contributed by atoms with Crippen molar-refractivity contribution in [1.82, 2.24) is 14.8 Å². The summed E-state index contributed by atoms with van der Waals surface area (Å²) in [6.07, 6.45) is 0.998. The van der Waals surface area contributed by atoms with Gasteiger partial charge in [0, 0.05) is 12.3 Å². The van der Waals surface area contributed by atoms with Gasteiger partial charge in [-0.2, -0.15) is 0 Å². The van der Waals surface area contributed by atoms with Crippen LogP contribution in [0.1, 0.15) is 16.8 Å². The molecule has 0 saturated carbocycles. The van der Waals surface area contributed by atoms with E-state index in [0.29, 0.717) is 5.95 Å². The van der Waals surface area contributed by atoms with Gasteiger partial charge in [0.2, 0.25) is 5.95 Å². The highest BCUT2D eigenvalue weighted by molar-refractivity contribution is 7.99. The number of rotatable bonds is 2. The summed E-state index contributed by atoms with van der Waals surface area (Å²) in [5, 5.41) is 11.3. The monoisotopic (exact) mass is 278 g/mol. The van der Waals surface area contributed by atoms with E-state index in [1.807, 2.05) is 4.57 Å². The molecule has 0 aliphatic carbocycles. The maximum atomic E-state index is 13.5. The van der Waals surface area contributed by atoms with Crippen molar-refractivity contribution in [2.75, 3.05) is 11.1 Å². The molecule has 0 bridgehead atoms. The third kappa shape index (κ3) is 2.33. The van der Waals surface area contributed by atoms with Crippen LogP contribution in [-0.2, 0) is 6.54 Å². The molecule has 1 amide bonds. The number of aromatic nitrogens is 3. The van der Waals surface area contributed by atoms with Gasteiger partial charge in [0.15, 0.2) is 5.16 Å². The first-order valence-electron chi connectivity index (χ1n) is 5.87. The van der Waals surface area contributed by atoms with Crippen LogP contribution in [0, 0.1) is 5.82 Å². The molecule has 0 unspecified atom stereocenters. The Morgan fingerprint density at radius 1 is 1.37 bits per heavy atom. The number of carbonyl (C=O) groups is 1. The predicted molar refractivity (Wildman–Crippen MR) is 69.7 cm³/mol. The van der Waals surface area contributed by atoms with Gasteiger partial charge in [-0.15, -0.1) is 10.2 Å². The van der Waals surface area contributed by atoms with Crippen LogP contribution in [0.5, 0.6) is 0 Å². The van der Waals surface area contributed by atoms with Gasteiger partial charge >= 0.3 is 0 Å². The molecular weight excluding hydrogens is 267 g/mol. The molecule has 1 aromatic heterocycles. The number of carbonyl (C=O) groups excluding carboxylic acids is 1. The van der Waals surface area contributed by atoms with Crippen molar-refractivity contribution < 1.29 is 9.18 Å². The molecular formula is C12H11FN4OS. The van der Waals surface area contributed by atoms with E-state index in [-0.39, 0.29) is 5.56 Å². The van der Waals surface area contributed by atoms with Gasteiger partial charge < -0.3 is 0 Å². The molecule has 1 N–H and O–H groups in total. The number of amides is 1. The smallest absolute Gasteiger partial charge is 0.260 e. The lowest BCUT2D eigenvalue weighted by Crippen LogP contribution is -2.18. The minimum absolute atomic E-state index is 0.00307. The van der Waals surface area contributed by atoms with Crippen LogP contribution in [0.15, 0.2) is 29.4 Å². The maximum Gasteiger partial charge on any atom is 0.260 e. The van der Waals surface area contributed by atoms with Crippen LogP contribution < -0.4 is 5.32 Å². The van der Waals surface area contributed by atoms with Crippen molar-refractivity contribution in [2.24, 2.45) is 0 Å². The van der Waals surface area contributed by atoms with Gasteiger partial charge in [0.1, 0.15) is 5.82 Å². The number of benzene rings is 1. The highest BCUT2D eigenvalue weighted by atomic mass is 32.2. The molecule has 2 aromatic rings. The van der Waals surface area contributed by atoms with Crippen LogP contribution >= 0.6 is 11.8 Å². The molecule has 3 rings (SSSR count). The molecule has 19 heavy (non-hydrogen) atoms. The van der Waals surface area contributed by atoms with E-state index >= 15 is 0 Å². The lowest BCUT2D eigenvalue weighted by atomic mass is 10.2. The van der Waals surface area contributed by atoms with Crippen molar-refractivity contribution >= 4 is 23.6 Å². The Labute approximate surface area is 113 Å². The molecule has 1 aliphatic heterocycles. The first-order valence-corrected chi connectivity index (χ1v) is 6.86. The zero-order valence-electron chi connectivity index (χ0n) is 9.97. The number of hydrogen-bond donors (Lipinski definition) is 1. The highest BCUT2D eigenvalue weighted by Crippen LogP contribution is 2.25. The largest absolute Gasteiger partial charge is 0.290 e. The fourth-order valence-corrected chi connectivity index (χ4v) is 2.78. The topological polar surface area (TPSA) is 59.8 Å². The zero-order valence-corrected chi connectivity index (χ0v) is 10.8. The molecule has 2 heterocycles. The van der Waals surface area contributed by atoms with Crippen molar-refractivity contribution in [3.05, 3.63) is 35.6 Å². The summed E-state index contributed by atoms with van der Waals surface area (Å²) in [6, 6.07) is 5.85. The molecule has 1 aromatic carbocycles. The average molecular weight is 278 g/mol. The number of hydrogen-bond acceptors (Lipinski definition) is 4. The van der Waals surface area contributed by atoms with E-state index in [1.165, 1.54) is 12.1 Å². The Hall–Kier alpha value is -1.89. The standard InChI is InChI=1S/C12H11FN4OS/c13-9-5-2-1-4-8(9)10(18)14-11-15-16-12-17(11)6-3-7-19-12/h1-2,4-5H,3,6-7H2,(H,14,15,18). The van der Waals surface area contributed by atoms with Crippen LogP contribution in [0.4, 0.5) is 10.3 Å². The van der Waals surface area contributed by atoms with Crippen LogP contribution in [-0.4, -0.2) is 26.4 Å². The van der Waals surface area contributed by atoms with Gasteiger partial charge in [-0.05, 0) is 18.6 Å². The Morgan fingerprint density at radius 2 is 2.21 bits per heavy atom. The number of halogens is 1. The molecule has 0 saturated heterocycles. The number of fused-ring (bicyclic) bond motifs is 1. The molecule has 0 radical (unpaired) electrons. The fraction of sp³-hybridized carbons (Fsp3) is 0.250. The summed E-state index contributed by atoms with van der Waals surface area (Å²) in [7, 11) is 0. The average Bonchev–Trinajstić information content (AvgIpc) is 2.83. The number of nitrogens with one attached hydrogen (secondary N) is 1. The number of thioether (sulfide) groups is 1. The lowest BCUT2D eigenvalue weighted by Gasteiger charge is -2.14. The number of anilines is 1. The van der Waals surface area contributed by atoms with Gasteiger partial charge in [0.05, 0.1) is 5.56 Å². The summed E-state index contributed by atoms with van der Waals surface area (Å²) >= 11 is 1.60. The first kappa shape index (κ1) is 12.2. The van der Waals surface area contributed by atoms with E-state index < -0.39 is 11.7 Å². The second-order valence-corrected chi connectivity index (χ2v) is 5.16. The summed E-state index contributed by atoms with van der Waals surface area (Å²) in [4.78, 5) is 12.0. The second kappa shape index (κ2) is 5.00. The van der Waals surface area contributed by atoms with Crippen molar-refractivity contribution in [3.8, 4) is 0 Å². The summed E-state index contributed by atoms with van der Waals surface area (Å²) in [5.74, 6) is 0.312. The Bertz CT molecular complexity index is 628. The zero-order chi connectivity index (χ0) is 13.2. The molecule has 98 valence electrons. The molecule has 1 aliphatic rings. The van der Waals surface area contributed by atoms with E-state index in [2.05, 4.69) is 15.5 Å². The van der Waals surface area contributed by atoms with Gasteiger partial charge in [-0.3, -0.25) is 14.7 Å². The van der Waals surface area contributed by atoms with Gasteiger partial charge in [-0.1, -0.05) is 23.9 Å². The second-order valence-electron chi connectivity index (χ2n) is 4.09. The van der Waals surface area contributed by atoms with Crippen molar-refractivity contribution in [1.29, 1.82) is 0 Å². The van der Waals surface area contributed by atoms with Crippen LogP contribution in [0.2, 0.25) is 0 Å². The third-order valence-corrected chi connectivity index (χ3v) is 3.87. The van der Waals surface area contributed by atoms with Crippen molar-refractivity contribution in [2.45, 2.75) is 18.1 Å². The Kier molecular flexibility index (Phi) is 3.20. The Morgan fingerprint density at radius 3 is 3.05 bits per heavy atom. The molecule has 7 heteroatoms. The minimum atomic E-state index is -0.548. The number of nitrogens with zero attached hydrogens (tertiary/aromatic N) is 3. The first-order chi connectivity index (χ1) is 9.25. The van der Waals surface area contributed by atoms with E-state index in [9.17, 15) is 9.18 Å². The highest BCUT2D eigenvalue weighted by Gasteiger charge is 2.19. The summed E-state index contributed by atoms with van der Waals surface area (Å²) < 4.78 is 15.3. The molecule has 0 fully saturated rings. The van der Waals surface area contributed by atoms with Gasteiger partial charge in [-0.25, -0.2) is 4.39 Å². The third-order valence-electron chi connectivity index (χ3n) is 2.82. The van der Waals surface area contributed by atoms with Crippen molar-refractivity contribution in [3.63, 3.8) is 0 Å². The van der Waals surface area contributed by atoms with E-state index in [0.717, 1.165) is 23.9 Å². The van der Waals surface area contributed by atoms with Crippen LogP contribution in [0.3, 0.4) is 0 Å². The molecule has 0 spiro atoms. The quantitative estimate of drug-likeness (QED) is 0.914. The SMILES string of the molecule is O=C(Nc1nnc2n1CCCS2)c1ccccc1F. The van der Waals surface area contributed by atoms with Crippen LogP contribution in [0.25, 0.3) is 0 Å². The molecule has 5 nitrogen and oxygen atoms in total.